The lowest BCUT2D eigenvalue weighted by atomic mass is 9.45. The van der Waals surface area contributed by atoms with Crippen molar-refractivity contribution >= 4 is 11.7 Å². The molecule has 1 aliphatic heterocycles. The van der Waals surface area contributed by atoms with Gasteiger partial charge in [0.2, 0.25) is 0 Å². The van der Waals surface area contributed by atoms with E-state index >= 15 is 0 Å². The summed E-state index contributed by atoms with van der Waals surface area (Å²) in [6, 6.07) is 0. The Hall–Kier alpha value is -1.32. The van der Waals surface area contributed by atoms with Crippen LogP contribution >= 0.6 is 0 Å². The van der Waals surface area contributed by atoms with Crippen LogP contribution in [0.5, 0.6) is 0 Å². The van der Waals surface area contributed by atoms with Crippen LogP contribution in [0.4, 0.5) is 0 Å². The quantitative estimate of drug-likeness (QED) is 0.388. The summed E-state index contributed by atoms with van der Waals surface area (Å²) in [5, 5.41) is 12.8. The summed E-state index contributed by atoms with van der Waals surface area (Å²) < 4.78 is 6.32. The summed E-state index contributed by atoms with van der Waals surface area (Å²) in [4.78, 5) is 12.3. The number of hydrogen-bond acceptors (Lipinski definition) is 4. The van der Waals surface area contributed by atoms with Gasteiger partial charge >= 0.3 is 5.97 Å². The van der Waals surface area contributed by atoms with Gasteiger partial charge in [0.05, 0.1) is 5.71 Å². The second kappa shape index (κ2) is 6.11. The van der Waals surface area contributed by atoms with Crippen molar-refractivity contribution in [2.45, 2.75) is 83.7 Å². The second-order valence-corrected chi connectivity index (χ2v) is 11.0. The molecule has 0 aromatic rings. The number of nitrogens with zero attached hydrogens (tertiary/aromatic N) is 1. The van der Waals surface area contributed by atoms with E-state index in [1.807, 2.05) is 0 Å². The van der Waals surface area contributed by atoms with E-state index in [0.717, 1.165) is 54.6 Å². The zero-order chi connectivity index (χ0) is 20.0. The highest BCUT2D eigenvalue weighted by Crippen LogP contribution is 2.79. The van der Waals surface area contributed by atoms with E-state index in [2.05, 4.69) is 25.1 Å². The predicted molar refractivity (Wildman–Crippen MR) is 111 cm³/mol. The van der Waals surface area contributed by atoms with Crippen LogP contribution in [-0.4, -0.2) is 22.5 Å². The SMILES string of the molecule is CCC1CC2=C/C(=N/O)CC[C@@H]2C2CC[C@@]3(CC)C(C4CC4[C@@]34CCC(=O)O4)C12. The minimum atomic E-state index is -0.128. The molecule has 158 valence electrons. The minimum Gasteiger partial charge on any atom is -0.458 e. The molecule has 1 spiro atoms. The molecule has 6 unspecified atom stereocenters. The standard InChI is InChI=1S/C25H35NO3/c1-3-14-11-15-12-16(26-28)5-6-17(15)18-7-9-24(4-2)23(22(14)18)19-13-20(19)25(24)10-8-21(27)29-25/h12,14,17-20,22-23,28H,3-11,13H2,1-2H3/b26-16+/t14?,17-,18?,19?,20?,22?,23?,24-,25-/m0/s1. The lowest BCUT2D eigenvalue weighted by Gasteiger charge is -2.60. The monoisotopic (exact) mass is 397 g/mol. The molecule has 6 rings (SSSR count). The van der Waals surface area contributed by atoms with Crippen LogP contribution in [0.15, 0.2) is 16.8 Å². The number of esters is 1. The molecule has 9 atom stereocenters. The van der Waals surface area contributed by atoms with Gasteiger partial charge in [0, 0.05) is 17.8 Å². The van der Waals surface area contributed by atoms with Gasteiger partial charge in [-0.25, -0.2) is 0 Å². The summed E-state index contributed by atoms with van der Waals surface area (Å²) in [6.45, 7) is 4.76. The Morgan fingerprint density at radius 2 is 2.07 bits per heavy atom. The van der Waals surface area contributed by atoms with Crippen molar-refractivity contribution in [3.63, 3.8) is 0 Å². The van der Waals surface area contributed by atoms with E-state index in [9.17, 15) is 10.0 Å². The molecule has 6 aliphatic rings. The summed E-state index contributed by atoms with van der Waals surface area (Å²) in [7, 11) is 0. The maximum absolute atomic E-state index is 12.3. The maximum atomic E-state index is 12.3. The maximum Gasteiger partial charge on any atom is 0.306 e. The van der Waals surface area contributed by atoms with Gasteiger partial charge in [0.15, 0.2) is 0 Å². The Labute approximate surface area is 174 Å². The van der Waals surface area contributed by atoms with Crippen LogP contribution in [-0.2, 0) is 9.53 Å². The van der Waals surface area contributed by atoms with Gasteiger partial charge in [-0.1, -0.05) is 31.0 Å². The van der Waals surface area contributed by atoms with Crippen molar-refractivity contribution in [3.8, 4) is 0 Å². The number of ether oxygens (including phenoxy) is 1. The highest BCUT2D eigenvalue weighted by molar-refractivity contribution is 5.96. The van der Waals surface area contributed by atoms with Gasteiger partial charge in [-0.15, -0.1) is 0 Å². The smallest absolute Gasteiger partial charge is 0.306 e. The van der Waals surface area contributed by atoms with Crippen LogP contribution in [0, 0.1) is 46.8 Å². The fourth-order valence-corrected chi connectivity index (χ4v) is 9.67. The largest absolute Gasteiger partial charge is 0.458 e. The highest BCUT2D eigenvalue weighted by Gasteiger charge is 2.79. The molecule has 4 saturated carbocycles. The molecule has 0 bridgehead atoms. The normalized spacial score (nSPS) is 53.7. The summed E-state index contributed by atoms with van der Waals surface area (Å²) in [5.74, 6) is 5.23. The van der Waals surface area contributed by atoms with Gasteiger partial charge in [-0.3, -0.25) is 4.79 Å². The fraction of sp³-hybridized carbons (Fsp3) is 0.840. The molecule has 0 radical (unpaired) electrons. The second-order valence-electron chi connectivity index (χ2n) is 11.0. The number of allylic oxidation sites excluding steroid dienone is 2. The first-order chi connectivity index (χ1) is 14.1. The van der Waals surface area contributed by atoms with Crippen molar-refractivity contribution in [2.24, 2.45) is 52.0 Å². The first-order valence-electron chi connectivity index (χ1n) is 12.2. The Morgan fingerprint density at radius 3 is 2.76 bits per heavy atom. The van der Waals surface area contributed by atoms with Crippen molar-refractivity contribution in [1.29, 1.82) is 0 Å². The Balaban J connectivity index is 1.42. The van der Waals surface area contributed by atoms with Crippen LogP contribution < -0.4 is 0 Å². The zero-order valence-electron chi connectivity index (χ0n) is 17.9. The van der Waals surface area contributed by atoms with Gasteiger partial charge in [0.1, 0.15) is 5.60 Å². The highest BCUT2D eigenvalue weighted by atomic mass is 16.6. The molecule has 0 amide bonds. The van der Waals surface area contributed by atoms with Crippen molar-refractivity contribution in [2.75, 3.05) is 0 Å². The van der Waals surface area contributed by atoms with Crippen molar-refractivity contribution < 1.29 is 14.7 Å². The molecule has 4 heteroatoms. The van der Waals surface area contributed by atoms with E-state index in [4.69, 9.17) is 4.74 Å². The van der Waals surface area contributed by atoms with Gasteiger partial charge in [-0.05, 0) is 93.0 Å². The average Bonchev–Trinajstić information content (AvgIpc) is 3.40. The van der Waals surface area contributed by atoms with Crippen LogP contribution in [0.25, 0.3) is 0 Å². The number of hydrogen-bond donors (Lipinski definition) is 1. The third-order valence-corrected chi connectivity index (χ3v) is 10.6. The summed E-state index contributed by atoms with van der Waals surface area (Å²) in [6.07, 6.45) is 13.3. The Morgan fingerprint density at radius 1 is 1.21 bits per heavy atom. The third kappa shape index (κ3) is 2.16. The summed E-state index contributed by atoms with van der Waals surface area (Å²) >= 11 is 0. The first kappa shape index (κ1) is 18.4. The number of fused-ring (bicyclic) bond motifs is 9. The molecule has 1 N–H and O–H groups in total. The zero-order valence-corrected chi connectivity index (χ0v) is 17.9. The lowest BCUT2D eigenvalue weighted by molar-refractivity contribution is -0.182. The molecule has 4 nitrogen and oxygen atoms in total. The Kier molecular flexibility index (Phi) is 3.88. The Bertz CT molecular complexity index is 802. The van der Waals surface area contributed by atoms with Crippen molar-refractivity contribution in [1.82, 2.24) is 0 Å². The molecular formula is C25H35NO3. The van der Waals surface area contributed by atoms with Crippen molar-refractivity contribution in [3.05, 3.63) is 11.6 Å². The van der Waals surface area contributed by atoms with Gasteiger partial charge < -0.3 is 9.94 Å². The molecule has 5 fully saturated rings. The van der Waals surface area contributed by atoms with E-state index in [0.29, 0.717) is 18.3 Å². The van der Waals surface area contributed by atoms with E-state index < -0.39 is 0 Å². The number of rotatable bonds is 2. The molecule has 0 aromatic carbocycles. The third-order valence-electron chi connectivity index (χ3n) is 10.6. The fourth-order valence-electron chi connectivity index (χ4n) is 9.67. The van der Waals surface area contributed by atoms with E-state index in [-0.39, 0.29) is 17.0 Å². The van der Waals surface area contributed by atoms with E-state index in [1.165, 1.54) is 38.5 Å². The first-order valence-corrected chi connectivity index (χ1v) is 12.2. The molecule has 1 saturated heterocycles. The average molecular weight is 398 g/mol. The topological polar surface area (TPSA) is 58.9 Å². The van der Waals surface area contributed by atoms with Crippen LogP contribution in [0.2, 0.25) is 0 Å². The molecule has 5 aliphatic carbocycles. The number of carbonyl (C=O) groups excluding carboxylic acids is 1. The van der Waals surface area contributed by atoms with Crippen LogP contribution in [0.3, 0.4) is 0 Å². The molecular weight excluding hydrogens is 362 g/mol. The summed E-state index contributed by atoms with van der Waals surface area (Å²) in [5.41, 5.74) is 2.54. The number of carbonyl (C=O) groups is 1. The molecule has 0 aromatic heterocycles. The van der Waals surface area contributed by atoms with Gasteiger partial charge in [-0.2, -0.15) is 0 Å². The van der Waals surface area contributed by atoms with Crippen LogP contribution in [0.1, 0.15) is 78.1 Å². The molecule has 29 heavy (non-hydrogen) atoms. The van der Waals surface area contributed by atoms with E-state index in [1.54, 1.807) is 5.57 Å². The lowest BCUT2D eigenvalue weighted by Crippen LogP contribution is -2.57. The molecule has 1 heterocycles. The van der Waals surface area contributed by atoms with Gasteiger partial charge in [0.25, 0.3) is 0 Å². The predicted octanol–water partition coefficient (Wildman–Crippen LogP) is 5.35. The minimum absolute atomic E-state index is 0.0651. The number of oxime groups is 1.